The molecule has 1 atom stereocenters. The van der Waals surface area contributed by atoms with Crippen LogP contribution in [-0.4, -0.2) is 43.9 Å². The van der Waals surface area contributed by atoms with Crippen LogP contribution in [0.5, 0.6) is 0 Å². The lowest BCUT2D eigenvalue weighted by atomic mass is 10.1. The zero-order valence-corrected chi connectivity index (χ0v) is 16.0. The number of amides is 2. The van der Waals surface area contributed by atoms with Gasteiger partial charge in [-0.15, -0.1) is 11.8 Å². The molecule has 1 N–H and O–H groups in total. The molecule has 1 fully saturated rings. The molecule has 0 spiro atoms. The number of rotatable bonds is 5. The Kier molecular flexibility index (Phi) is 5.43. The summed E-state index contributed by atoms with van der Waals surface area (Å²) in [7, 11) is 0. The second-order valence-corrected chi connectivity index (χ2v) is 7.51. The fraction of sp³-hybridized carbons (Fsp3) is 0.190. The van der Waals surface area contributed by atoms with Gasteiger partial charge in [-0.05, 0) is 29.8 Å². The second-order valence-electron chi connectivity index (χ2n) is 6.51. The number of aromatic nitrogens is 2. The van der Waals surface area contributed by atoms with E-state index in [0.29, 0.717) is 23.7 Å². The Morgan fingerprint density at radius 1 is 1.11 bits per heavy atom. The number of hydrogen-bond donors (Lipinski definition) is 1. The van der Waals surface area contributed by atoms with Gasteiger partial charge in [0, 0.05) is 35.9 Å². The Morgan fingerprint density at radius 2 is 1.89 bits per heavy atom. The quantitative estimate of drug-likeness (QED) is 0.725. The van der Waals surface area contributed by atoms with Gasteiger partial charge in [-0.3, -0.25) is 9.59 Å². The van der Waals surface area contributed by atoms with E-state index >= 15 is 0 Å². The van der Waals surface area contributed by atoms with Crippen molar-refractivity contribution in [1.82, 2.24) is 19.8 Å². The first-order valence-electron chi connectivity index (χ1n) is 9.01. The molecule has 4 rings (SSSR count). The van der Waals surface area contributed by atoms with Crippen molar-refractivity contribution in [3.8, 4) is 5.69 Å². The van der Waals surface area contributed by atoms with Crippen molar-refractivity contribution >= 4 is 23.6 Å². The van der Waals surface area contributed by atoms with Crippen LogP contribution in [0.2, 0.25) is 0 Å². The Bertz CT molecular complexity index is 942. The van der Waals surface area contributed by atoms with Crippen LogP contribution in [-0.2, 0) is 11.3 Å². The zero-order chi connectivity index (χ0) is 19.3. The van der Waals surface area contributed by atoms with E-state index in [1.807, 2.05) is 53.2 Å². The predicted molar refractivity (Wildman–Crippen MR) is 109 cm³/mol. The largest absolute Gasteiger partial charge is 0.350 e. The van der Waals surface area contributed by atoms with E-state index in [1.54, 1.807) is 41.3 Å². The fourth-order valence-electron chi connectivity index (χ4n) is 3.11. The van der Waals surface area contributed by atoms with Crippen LogP contribution in [0.4, 0.5) is 0 Å². The molecule has 2 heterocycles. The van der Waals surface area contributed by atoms with E-state index in [9.17, 15) is 9.59 Å². The second kappa shape index (κ2) is 8.31. The average Bonchev–Trinajstić information content (AvgIpc) is 3.45. The summed E-state index contributed by atoms with van der Waals surface area (Å²) in [6.07, 6.45) is 5.36. The molecule has 0 bridgehead atoms. The molecule has 0 aliphatic carbocycles. The maximum Gasteiger partial charge on any atom is 0.255 e. The number of thioether (sulfide) groups is 1. The lowest BCUT2D eigenvalue weighted by molar-refractivity contribution is -0.124. The van der Waals surface area contributed by atoms with Crippen LogP contribution in [0, 0.1) is 0 Å². The van der Waals surface area contributed by atoms with Crippen molar-refractivity contribution in [3.63, 3.8) is 0 Å². The summed E-state index contributed by atoms with van der Waals surface area (Å²) in [6, 6.07) is 16.6. The third-order valence-electron chi connectivity index (χ3n) is 4.67. The van der Waals surface area contributed by atoms with Gasteiger partial charge in [0.05, 0.1) is 12.2 Å². The zero-order valence-electron chi connectivity index (χ0n) is 15.2. The van der Waals surface area contributed by atoms with Crippen LogP contribution in [0.1, 0.15) is 15.9 Å². The molecule has 1 aliphatic heterocycles. The van der Waals surface area contributed by atoms with Crippen LogP contribution in [0.25, 0.3) is 5.69 Å². The first-order valence-corrected chi connectivity index (χ1v) is 10.2. The van der Waals surface area contributed by atoms with Gasteiger partial charge in [-0.25, -0.2) is 4.98 Å². The number of nitrogens with zero attached hydrogens (tertiary/aromatic N) is 3. The van der Waals surface area contributed by atoms with Crippen LogP contribution in [0.15, 0.2) is 73.3 Å². The van der Waals surface area contributed by atoms with Crippen molar-refractivity contribution in [3.05, 3.63) is 84.4 Å². The molecule has 28 heavy (non-hydrogen) atoms. The van der Waals surface area contributed by atoms with Crippen LogP contribution >= 0.6 is 11.8 Å². The maximum atomic E-state index is 12.7. The van der Waals surface area contributed by atoms with Crippen molar-refractivity contribution in [2.45, 2.75) is 12.6 Å². The van der Waals surface area contributed by atoms with Crippen LogP contribution < -0.4 is 5.32 Å². The molecule has 3 aromatic rings. The van der Waals surface area contributed by atoms with Crippen LogP contribution in [0.3, 0.4) is 0 Å². The van der Waals surface area contributed by atoms with Gasteiger partial charge in [-0.2, -0.15) is 0 Å². The monoisotopic (exact) mass is 392 g/mol. The molecular formula is C21H20N4O2S. The number of nitrogens with one attached hydrogen (secondary N) is 1. The lowest BCUT2D eigenvalue weighted by Gasteiger charge is -2.23. The summed E-state index contributed by atoms with van der Waals surface area (Å²) >= 11 is 1.60. The summed E-state index contributed by atoms with van der Waals surface area (Å²) in [5.41, 5.74) is 2.63. The van der Waals surface area contributed by atoms with Gasteiger partial charge >= 0.3 is 0 Å². The molecule has 7 heteroatoms. The standard InChI is InChI=1S/C21H20N4O2S/c26-20(19-13-28-15-25(19)21(27)17-4-2-1-3-5-17)23-12-16-6-8-18(9-7-16)24-11-10-22-14-24/h1-11,14,19H,12-13,15H2,(H,23,26)/t19-/m0/s1. The van der Waals surface area contributed by atoms with Gasteiger partial charge in [0.2, 0.25) is 5.91 Å². The molecule has 142 valence electrons. The molecule has 2 aromatic carbocycles. The number of benzene rings is 2. The fourth-order valence-corrected chi connectivity index (χ4v) is 4.27. The van der Waals surface area contributed by atoms with E-state index in [4.69, 9.17) is 0 Å². The summed E-state index contributed by atoms with van der Waals surface area (Å²) in [5.74, 6) is 0.929. The maximum absolute atomic E-state index is 12.7. The minimum Gasteiger partial charge on any atom is -0.350 e. The minimum atomic E-state index is -0.442. The first kappa shape index (κ1) is 18.3. The van der Waals surface area contributed by atoms with E-state index in [1.165, 1.54) is 0 Å². The highest BCUT2D eigenvalue weighted by molar-refractivity contribution is 7.99. The molecule has 2 amide bonds. The van der Waals surface area contributed by atoms with Gasteiger partial charge < -0.3 is 14.8 Å². The highest BCUT2D eigenvalue weighted by Gasteiger charge is 2.34. The summed E-state index contributed by atoms with van der Waals surface area (Å²) in [5, 5.41) is 2.97. The SMILES string of the molecule is O=C(NCc1ccc(-n2ccnc2)cc1)[C@@H]1CSCN1C(=O)c1ccccc1. The molecular weight excluding hydrogens is 372 g/mol. The molecule has 0 saturated carbocycles. The summed E-state index contributed by atoms with van der Waals surface area (Å²) in [4.78, 5) is 31.1. The third kappa shape index (κ3) is 3.94. The summed E-state index contributed by atoms with van der Waals surface area (Å²) in [6.45, 7) is 0.428. The average molecular weight is 392 g/mol. The van der Waals surface area contributed by atoms with E-state index < -0.39 is 6.04 Å². The predicted octanol–water partition coefficient (Wildman–Crippen LogP) is 2.70. The number of imidazole rings is 1. The van der Waals surface area contributed by atoms with Gasteiger partial charge in [0.1, 0.15) is 6.04 Å². The molecule has 1 aliphatic rings. The lowest BCUT2D eigenvalue weighted by Crippen LogP contribution is -2.47. The molecule has 0 unspecified atom stereocenters. The van der Waals surface area contributed by atoms with Gasteiger partial charge in [0.25, 0.3) is 5.91 Å². The highest BCUT2D eigenvalue weighted by atomic mass is 32.2. The summed E-state index contributed by atoms with van der Waals surface area (Å²) < 4.78 is 1.92. The Labute approximate surface area is 167 Å². The number of carbonyl (C=O) groups excluding carboxylic acids is 2. The topological polar surface area (TPSA) is 67.2 Å². The van der Waals surface area contributed by atoms with Gasteiger partial charge in [0.15, 0.2) is 0 Å². The number of hydrogen-bond acceptors (Lipinski definition) is 4. The molecule has 0 radical (unpaired) electrons. The van der Waals surface area contributed by atoms with Crippen molar-refractivity contribution in [2.75, 3.05) is 11.6 Å². The normalized spacial score (nSPS) is 16.1. The highest BCUT2D eigenvalue weighted by Crippen LogP contribution is 2.23. The van der Waals surface area contributed by atoms with E-state index in [0.717, 1.165) is 11.3 Å². The first-order chi connectivity index (χ1) is 13.7. The van der Waals surface area contributed by atoms with Crippen molar-refractivity contribution in [1.29, 1.82) is 0 Å². The van der Waals surface area contributed by atoms with E-state index in [2.05, 4.69) is 10.3 Å². The van der Waals surface area contributed by atoms with Crippen molar-refractivity contribution in [2.24, 2.45) is 0 Å². The molecule has 1 aromatic heterocycles. The molecule has 1 saturated heterocycles. The van der Waals surface area contributed by atoms with Gasteiger partial charge in [-0.1, -0.05) is 30.3 Å². The Hall–Kier alpha value is -3.06. The Morgan fingerprint density at radius 3 is 2.61 bits per heavy atom. The smallest absolute Gasteiger partial charge is 0.255 e. The number of carbonyl (C=O) groups is 2. The third-order valence-corrected chi connectivity index (χ3v) is 5.68. The molecule has 6 nitrogen and oxygen atoms in total. The van der Waals surface area contributed by atoms with Crippen molar-refractivity contribution < 1.29 is 9.59 Å². The minimum absolute atomic E-state index is 0.101. The Balaban J connectivity index is 1.37. The van der Waals surface area contributed by atoms with E-state index in [-0.39, 0.29) is 11.8 Å².